The van der Waals surface area contributed by atoms with Gasteiger partial charge in [-0.3, -0.25) is 25.0 Å². The number of non-ortho nitro benzene ring substituents is 1. The lowest BCUT2D eigenvalue weighted by Crippen LogP contribution is -2.19. The lowest BCUT2D eigenvalue weighted by atomic mass is 10.1. The van der Waals surface area contributed by atoms with Gasteiger partial charge in [0.15, 0.2) is 5.69 Å². The number of rotatable bonds is 7. The molecule has 170 valence electrons. The molecule has 4 rings (SSSR count). The summed E-state index contributed by atoms with van der Waals surface area (Å²) in [6.07, 6.45) is 1.10. The van der Waals surface area contributed by atoms with Crippen molar-refractivity contribution in [2.75, 3.05) is 5.73 Å². The van der Waals surface area contributed by atoms with Gasteiger partial charge in [-0.15, -0.1) is 5.10 Å². The van der Waals surface area contributed by atoms with E-state index < -0.39 is 15.8 Å². The van der Waals surface area contributed by atoms with Crippen molar-refractivity contribution < 1.29 is 19.3 Å². The number of amides is 1. The van der Waals surface area contributed by atoms with Crippen LogP contribution >= 0.6 is 0 Å². The zero-order valence-corrected chi connectivity index (χ0v) is 16.8. The topological polar surface area (TPSA) is 223 Å². The molecule has 4 aromatic rings. The number of benzene rings is 2. The molecule has 0 fully saturated rings. The van der Waals surface area contributed by atoms with Crippen LogP contribution in [0.3, 0.4) is 0 Å². The molecule has 0 spiro atoms. The lowest BCUT2D eigenvalue weighted by molar-refractivity contribution is -0.385. The second-order valence-corrected chi connectivity index (χ2v) is 6.49. The fourth-order valence-corrected chi connectivity index (χ4v) is 2.90. The highest BCUT2D eigenvalue weighted by molar-refractivity contribution is 5.99. The molecule has 0 saturated carbocycles. The number of nitro benzene ring substituents is 2. The van der Waals surface area contributed by atoms with Gasteiger partial charge >= 0.3 is 0 Å². The van der Waals surface area contributed by atoms with Crippen molar-refractivity contribution in [1.29, 1.82) is 0 Å². The number of aromatic nitrogens is 5. The summed E-state index contributed by atoms with van der Waals surface area (Å²) in [5.41, 5.74) is 7.87. The molecule has 0 radical (unpaired) electrons. The Morgan fingerprint density at radius 1 is 1.09 bits per heavy atom. The maximum Gasteiger partial charge on any atom is 0.294 e. The maximum absolute atomic E-state index is 12.8. The fraction of sp³-hybridized carbons (Fsp3) is 0. The minimum Gasteiger partial charge on any atom is -0.378 e. The summed E-state index contributed by atoms with van der Waals surface area (Å²) in [5, 5.41) is 40.6. The lowest BCUT2D eigenvalue weighted by Gasteiger charge is -2.05. The number of hydrogen-bond donors (Lipinski definition) is 2. The SMILES string of the molecule is Nc1nonc1-n1nnc(C(=O)NN=Cc2ccccc2[N+](=O)[O-])c1-c1ccc([N+](=O)[O-])cc1. The van der Waals surface area contributed by atoms with Gasteiger partial charge in [-0.1, -0.05) is 17.3 Å². The van der Waals surface area contributed by atoms with Crippen LogP contribution in [0.1, 0.15) is 16.1 Å². The smallest absolute Gasteiger partial charge is 0.294 e. The van der Waals surface area contributed by atoms with Gasteiger partial charge in [0.2, 0.25) is 11.6 Å². The van der Waals surface area contributed by atoms with Crippen molar-refractivity contribution >= 4 is 29.3 Å². The van der Waals surface area contributed by atoms with Crippen LogP contribution < -0.4 is 11.2 Å². The average Bonchev–Trinajstić information content (AvgIpc) is 3.45. The van der Waals surface area contributed by atoms with E-state index in [4.69, 9.17) is 5.73 Å². The molecule has 0 bridgehead atoms. The van der Waals surface area contributed by atoms with Gasteiger partial charge in [0.1, 0.15) is 5.69 Å². The van der Waals surface area contributed by atoms with Gasteiger partial charge in [0, 0.05) is 23.8 Å². The Morgan fingerprint density at radius 2 is 1.82 bits per heavy atom. The summed E-state index contributed by atoms with van der Waals surface area (Å²) in [6, 6.07) is 11.0. The first-order chi connectivity index (χ1) is 16.4. The normalized spacial score (nSPS) is 10.9. The highest BCUT2D eigenvalue weighted by atomic mass is 16.6. The third kappa shape index (κ3) is 4.13. The average molecular weight is 464 g/mol. The van der Waals surface area contributed by atoms with E-state index >= 15 is 0 Å². The quantitative estimate of drug-likeness (QED) is 0.226. The van der Waals surface area contributed by atoms with Gasteiger partial charge in [-0.05, 0) is 28.5 Å². The maximum atomic E-state index is 12.8. The number of carbonyl (C=O) groups is 1. The molecular formula is C18H12N10O6. The van der Waals surface area contributed by atoms with Crippen LogP contribution in [0, 0.1) is 20.2 Å². The first-order valence-electron chi connectivity index (χ1n) is 9.22. The summed E-state index contributed by atoms with van der Waals surface area (Å²) in [4.78, 5) is 33.7. The van der Waals surface area contributed by atoms with Gasteiger partial charge in [-0.25, -0.2) is 10.1 Å². The van der Waals surface area contributed by atoms with Gasteiger partial charge in [-0.2, -0.15) is 9.78 Å². The number of para-hydroxylation sites is 1. The number of carbonyl (C=O) groups excluding carboxylic acids is 1. The molecule has 16 heteroatoms. The fourth-order valence-electron chi connectivity index (χ4n) is 2.90. The van der Waals surface area contributed by atoms with Crippen molar-refractivity contribution in [3.63, 3.8) is 0 Å². The second-order valence-electron chi connectivity index (χ2n) is 6.49. The molecule has 1 amide bonds. The van der Waals surface area contributed by atoms with E-state index in [1.54, 1.807) is 6.07 Å². The Balaban J connectivity index is 1.70. The van der Waals surface area contributed by atoms with E-state index in [1.165, 1.54) is 42.5 Å². The molecule has 2 aromatic heterocycles. The molecular weight excluding hydrogens is 452 g/mol. The highest BCUT2D eigenvalue weighted by Crippen LogP contribution is 2.28. The van der Waals surface area contributed by atoms with Gasteiger partial charge in [0.25, 0.3) is 17.3 Å². The number of anilines is 1. The molecule has 0 aliphatic heterocycles. The third-order valence-electron chi connectivity index (χ3n) is 4.44. The number of nitrogen functional groups attached to an aromatic ring is 1. The largest absolute Gasteiger partial charge is 0.378 e. The van der Waals surface area contributed by atoms with Crippen LogP contribution in [-0.2, 0) is 0 Å². The number of nitrogens with two attached hydrogens (primary N) is 1. The van der Waals surface area contributed by atoms with E-state index in [1.807, 2.05) is 0 Å². The van der Waals surface area contributed by atoms with Crippen molar-refractivity contribution in [2.24, 2.45) is 5.10 Å². The Kier molecular flexibility index (Phi) is 5.68. The molecule has 0 unspecified atom stereocenters. The molecule has 2 aromatic carbocycles. The molecule has 0 aliphatic carbocycles. The van der Waals surface area contributed by atoms with Crippen molar-refractivity contribution in [1.82, 2.24) is 30.7 Å². The van der Waals surface area contributed by atoms with Crippen LogP contribution in [0.2, 0.25) is 0 Å². The van der Waals surface area contributed by atoms with E-state index in [0.29, 0.717) is 5.56 Å². The van der Waals surface area contributed by atoms with Crippen LogP contribution in [0.25, 0.3) is 17.1 Å². The molecule has 2 heterocycles. The van der Waals surface area contributed by atoms with E-state index in [2.05, 4.69) is 35.8 Å². The molecule has 0 saturated heterocycles. The summed E-state index contributed by atoms with van der Waals surface area (Å²) >= 11 is 0. The first kappa shape index (κ1) is 21.7. The molecule has 34 heavy (non-hydrogen) atoms. The van der Waals surface area contributed by atoms with Crippen molar-refractivity contribution in [2.45, 2.75) is 0 Å². The van der Waals surface area contributed by atoms with E-state index in [0.717, 1.165) is 10.9 Å². The van der Waals surface area contributed by atoms with E-state index in [9.17, 15) is 25.0 Å². The summed E-state index contributed by atoms with van der Waals surface area (Å²) in [6.45, 7) is 0. The predicted octanol–water partition coefficient (Wildman–Crippen LogP) is 1.48. The number of hydrogen-bond acceptors (Lipinski definition) is 12. The van der Waals surface area contributed by atoms with E-state index in [-0.39, 0.29) is 40.0 Å². The zero-order chi connectivity index (χ0) is 24.2. The second kappa shape index (κ2) is 8.91. The van der Waals surface area contributed by atoms with Crippen LogP contribution in [0.4, 0.5) is 17.2 Å². The Hall–Kier alpha value is -5.54. The molecule has 0 aliphatic rings. The minimum absolute atomic E-state index is 0.0655. The monoisotopic (exact) mass is 464 g/mol. The summed E-state index contributed by atoms with van der Waals surface area (Å²) in [7, 11) is 0. The van der Waals surface area contributed by atoms with Gasteiger partial charge in [0.05, 0.1) is 21.6 Å². The highest BCUT2D eigenvalue weighted by Gasteiger charge is 2.25. The van der Waals surface area contributed by atoms with Crippen LogP contribution in [0.5, 0.6) is 0 Å². The summed E-state index contributed by atoms with van der Waals surface area (Å²) in [5.74, 6) is -1.04. The Labute approximate surface area is 187 Å². The third-order valence-corrected chi connectivity index (χ3v) is 4.44. The standard InChI is InChI=1S/C18H12N10O6/c19-16-17(24-34-23-16)26-15(10-5-7-12(8-6-10)27(30)31)14(21-25-26)18(29)22-20-9-11-3-1-2-4-13(11)28(32)33/h1-9H,(H2,19,23)(H,22,29). The minimum atomic E-state index is -0.829. The molecule has 16 nitrogen and oxygen atoms in total. The number of nitrogens with one attached hydrogen (secondary N) is 1. The van der Waals surface area contributed by atoms with Crippen LogP contribution in [-0.4, -0.2) is 47.3 Å². The Bertz CT molecular complexity index is 1430. The molecule has 3 N–H and O–H groups in total. The number of nitrogens with zero attached hydrogens (tertiary/aromatic N) is 8. The summed E-state index contributed by atoms with van der Waals surface area (Å²) < 4.78 is 5.65. The Morgan fingerprint density at radius 3 is 2.47 bits per heavy atom. The van der Waals surface area contributed by atoms with Crippen LogP contribution in [0.15, 0.2) is 58.3 Å². The zero-order valence-electron chi connectivity index (χ0n) is 16.8. The number of hydrazone groups is 1. The first-order valence-corrected chi connectivity index (χ1v) is 9.22. The predicted molar refractivity (Wildman–Crippen MR) is 114 cm³/mol. The number of nitro groups is 2. The van der Waals surface area contributed by atoms with Gasteiger partial charge < -0.3 is 5.73 Å². The van der Waals surface area contributed by atoms with Crippen molar-refractivity contribution in [3.8, 4) is 17.1 Å². The van der Waals surface area contributed by atoms with Crippen molar-refractivity contribution in [3.05, 3.63) is 80.0 Å². The molecule has 0 atom stereocenters.